The first-order valence-electron chi connectivity index (χ1n) is 7.36. The van der Waals surface area contributed by atoms with Crippen LogP contribution in [-0.4, -0.2) is 47.8 Å². The molecule has 0 bridgehead atoms. The monoisotopic (exact) mass is 306 g/mol. The van der Waals surface area contributed by atoms with E-state index in [4.69, 9.17) is 0 Å². The number of carbonyl (C=O) groups excluding carboxylic acids is 2. The average Bonchev–Trinajstić information content (AvgIpc) is 2.72. The summed E-state index contributed by atoms with van der Waals surface area (Å²) in [5, 5.41) is 0. The van der Waals surface area contributed by atoms with Crippen LogP contribution in [0.4, 0.5) is 0 Å². The second kappa shape index (κ2) is 6.98. The first kappa shape index (κ1) is 15.9. The molecule has 5 heteroatoms. The molecule has 4 nitrogen and oxygen atoms in total. The molecule has 1 heterocycles. The minimum atomic E-state index is -0.000513. The van der Waals surface area contributed by atoms with Crippen LogP contribution in [0.5, 0.6) is 0 Å². The van der Waals surface area contributed by atoms with Crippen molar-refractivity contribution < 1.29 is 9.59 Å². The van der Waals surface area contributed by atoms with Crippen molar-refractivity contribution in [2.24, 2.45) is 5.92 Å². The van der Waals surface area contributed by atoms with Gasteiger partial charge in [0.15, 0.2) is 0 Å². The van der Waals surface area contributed by atoms with E-state index in [0.29, 0.717) is 30.1 Å². The van der Waals surface area contributed by atoms with Gasteiger partial charge in [-0.25, -0.2) is 0 Å². The van der Waals surface area contributed by atoms with E-state index in [1.54, 1.807) is 6.07 Å². The highest BCUT2D eigenvalue weighted by atomic mass is 32.1. The Labute approximate surface area is 131 Å². The maximum absolute atomic E-state index is 12.6. The number of hydrogen-bond donors (Lipinski definition) is 1. The zero-order valence-electron chi connectivity index (χ0n) is 12.6. The number of amides is 2. The molecule has 0 unspecified atom stereocenters. The molecule has 0 saturated carbocycles. The molecule has 0 atom stereocenters. The van der Waals surface area contributed by atoms with E-state index < -0.39 is 0 Å². The van der Waals surface area contributed by atoms with Gasteiger partial charge in [-0.1, -0.05) is 26.0 Å². The van der Waals surface area contributed by atoms with Crippen LogP contribution in [0.3, 0.4) is 0 Å². The Bertz CT molecular complexity index is 531. The molecule has 1 saturated heterocycles. The Balaban J connectivity index is 2.05. The second-order valence-corrected chi connectivity index (χ2v) is 6.12. The molecule has 0 radical (unpaired) electrons. The highest BCUT2D eigenvalue weighted by molar-refractivity contribution is 7.80. The molecule has 1 aliphatic rings. The summed E-state index contributed by atoms with van der Waals surface area (Å²) in [7, 11) is 0. The molecular weight excluding hydrogens is 284 g/mol. The van der Waals surface area contributed by atoms with Crippen molar-refractivity contribution in [1.82, 2.24) is 9.80 Å². The standard InChI is InChI=1S/C16H22N2O2S/c1-12(2)15(19)17-8-5-9-18(11-10-17)16(20)13-6-3-4-7-14(13)21/h3-4,6-7,12,21H,5,8-11H2,1-2H3. The lowest BCUT2D eigenvalue weighted by Gasteiger charge is -2.23. The third-order valence-electron chi connectivity index (χ3n) is 3.72. The summed E-state index contributed by atoms with van der Waals surface area (Å²) in [5.74, 6) is 0.170. The van der Waals surface area contributed by atoms with E-state index in [1.165, 1.54) is 0 Å². The van der Waals surface area contributed by atoms with Crippen LogP contribution in [0, 0.1) is 5.92 Å². The highest BCUT2D eigenvalue weighted by Crippen LogP contribution is 2.17. The molecule has 0 spiro atoms. The summed E-state index contributed by atoms with van der Waals surface area (Å²) in [5.41, 5.74) is 0.629. The van der Waals surface area contributed by atoms with Crippen LogP contribution in [-0.2, 0) is 4.79 Å². The van der Waals surface area contributed by atoms with Gasteiger partial charge in [-0.3, -0.25) is 9.59 Å². The van der Waals surface area contributed by atoms with Crippen molar-refractivity contribution in [3.8, 4) is 0 Å². The van der Waals surface area contributed by atoms with Gasteiger partial charge in [-0.15, -0.1) is 12.6 Å². The van der Waals surface area contributed by atoms with Gasteiger partial charge in [-0.2, -0.15) is 0 Å². The van der Waals surface area contributed by atoms with Crippen molar-refractivity contribution in [3.63, 3.8) is 0 Å². The fraction of sp³-hybridized carbons (Fsp3) is 0.500. The quantitative estimate of drug-likeness (QED) is 0.852. The summed E-state index contributed by atoms with van der Waals surface area (Å²) in [6.45, 7) is 6.42. The van der Waals surface area contributed by atoms with Gasteiger partial charge in [0.1, 0.15) is 0 Å². The summed E-state index contributed by atoms with van der Waals surface area (Å²) < 4.78 is 0. The minimum absolute atomic E-state index is 0.000513. The lowest BCUT2D eigenvalue weighted by Crippen LogP contribution is -2.39. The summed E-state index contributed by atoms with van der Waals surface area (Å²) in [6.07, 6.45) is 0.818. The molecule has 114 valence electrons. The van der Waals surface area contributed by atoms with Crippen molar-refractivity contribution in [3.05, 3.63) is 29.8 Å². The van der Waals surface area contributed by atoms with E-state index in [2.05, 4.69) is 12.6 Å². The molecule has 2 amide bonds. The maximum atomic E-state index is 12.6. The Morgan fingerprint density at radius 1 is 1.05 bits per heavy atom. The fourth-order valence-electron chi connectivity index (χ4n) is 2.53. The van der Waals surface area contributed by atoms with Gasteiger partial charge in [0.2, 0.25) is 5.91 Å². The van der Waals surface area contributed by atoms with Crippen LogP contribution < -0.4 is 0 Å². The normalized spacial score (nSPS) is 16.0. The number of hydrogen-bond acceptors (Lipinski definition) is 3. The summed E-state index contributed by atoms with van der Waals surface area (Å²) in [6, 6.07) is 7.33. The summed E-state index contributed by atoms with van der Waals surface area (Å²) in [4.78, 5) is 29.0. The Morgan fingerprint density at radius 2 is 1.67 bits per heavy atom. The number of benzene rings is 1. The van der Waals surface area contributed by atoms with Gasteiger partial charge in [0.05, 0.1) is 5.56 Å². The van der Waals surface area contributed by atoms with E-state index in [9.17, 15) is 9.59 Å². The topological polar surface area (TPSA) is 40.6 Å². The molecule has 1 aliphatic heterocycles. The highest BCUT2D eigenvalue weighted by Gasteiger charge is 2.24. The third kappa shape index (κ3) is 3.79. The second-order valence-electron chi connectivity index (χ2n) is 5.64. The van der Waals surface area contributed by atoms with Gasteiger partial charge < -0.3 is 9.80 Å². The zero-order valence-corrected chi connectivity index (χ0v) is 13.5. The Morgan fingerprint density at radius 3 is 2.33 bits per heavy atom. The van der Waals surface area contributed by atoms with E-state index in [0.717, 1.165) is 13.0 Å². The number of nitrogens with zero attached hydrogens (tertiary/aromatic N) is 2. The number of carbonyl (C=O) groups is 2. The minimum Gasteiger partial charge on any atom is -0.341 e. The first-order valence-corrected chi connectivity index (χ1v) is 7.81. The van der Waals surface area contributed by atoms with E-state index >= 15 is 0 Å². The molecule has 1 fully saturated rings. The molecule has 0 aromatic heterocycles. The molecule has 0 N–H and O–H groups in total. The van der Waals surface area contributed by atoms with Crippen LogP contribution in [0.25, 0.3) is 0 Å². The number of thiol groups is 1. The fourth-order valence-corrected chi connectivity index (χ4v) is 2.79. The largest absolute Gasteiger partial charge is 0.341 e. The van der Waals surface area contributed by atoms with Crippen molar-refractivity contribution in [1.29, 1.82) is 0 Å². The lowest BCUT2D eigenvalue weighted by atomic mass is 10.2. The zero-order chi connectivity index (χ0) is 15.4. The lowest BCUT2D eigenvalue weighted by molar-refractivity contribution is -0.134. The molecule has 21 heavy (non-hydrogen) atoms. The van der Waals surface area contributed by atoms with Gasteiger partial charge >= 0.3 is 0 Å². The average molecular weight is 306 g/mol. The van der Waals surface area contributed by atoms with Gasteiger partial charge in [0.25, 0.3) is 5.91 Å². The van der Waals surface area contributed by atoms with E-state index in [1.807, 2.05) is 41.8 Å². The van der Waals surface area contributed by atoms with Crippen LogP contribution >= 0.6 is 12.6 Å². The van der Waals surface area contributed by atoms with Gasteiger partial charge in [-0.05, 0) is 18.6 Å². The van der Waals surface area contributed by atoms with Crippen molar-refractivity contribution in [2.75, 3.05) is 26.2 Å². The van der Waals surface area contributed by atoms with Gasteiger partial charge in [0, 0.05) is 37.0 Å². The maximum Gasteiger partial charge on any atom is 0.255 e. The van der Waals surface area contributed by atoms with Crippen molar-refractivity contribution in [2.45, 2.75) is 25.2 Å². The smallest absolute Gasteiger partial charge is 0.255 e. The van der Waals surface area contributed by atoms with Crippen molar-refractivity contribution >= 4 is 24.4 Å². The predicted molar refractivity (Wildman–Crippen MR) is 85.6 cm³/mol. The SMILES string of the molecule is CC(C)C(=O)N1CCCN(C(=O)c2ccccc2S)CC1. The molecular formula is C16H22N2O2S. The number of rotatable bonds is 2. The summed E-state index contributed by atoms with van der Waals surface area (Å²) >= 11 is 4.35. The molecule has 2 rings (SSSR count). The molecule has 0 aliphatic carbocycles. The Hall–Kier alpha value is -1.49. The van der Waals surface area contributed by atoms with Crippen LogP contribution in [0.2, 0.25) is 0 Å². The van der Waals surface area contributed by atoms with Crippen LogP contribution in [0.15, 0.2) is 29.2 Å². The Kier molecular flexibility index (Phi) is 5.28. The first-order chi connectivity index (χ1) is 10.0. The van der Waals surface area contributed by atoms with E-state index in [-0.39, 0.29) is 17.7 Å². The molecule has 1 aromatic carbocycles. The third-order valence-corrected chi connectivity index (χ3v) is 4.11. The molecule has 1 aromatic rings. The predicted octanol–water partition coefficient (Wildman–Crippen LogP) is 2.31. The van der Waals surface area contributed by atoms with Crippen LogP contribution in [0.1, 0.15) is 30.6 Å².